The molecule has 2 atom stereocenters. The van der Waals surface area contributed by atoms with Crippen LogP contribution in [0.2, 0.25) is 0 Å². The van der Waals surface area contributed by atoms with E-state index >= 15 is 0 Å². The maximum absolute atomic E-state index is 11.4. The predicted molar refractivity (Wildman–Crippen MR) is 64.2 cm³/mol. The molecule has 1 saturated heterocycles. The average Bonchev–Trinajstić information content (AvgIpc) is 2.79. The minimum atomic E-state index is -1.01. The molecule has 1 aromatic carbocycles. The summed E-state index contributed by atoms with van der Waals surface area (Å²) >= 11 is 0. The van der Waals surface area contributed by atoms with E-state index in [1.165, 1.54) is 0 Å². The highest BCUT2D eigenvalue weighted by molar-refractivity contribution is 5.79. The van der Waals surface area contributed by atoms with E-state index in [-0.39, 0.29) is 0 Å². The number of nitrogens with zero attached hydrogens (tertiary/aromatic N) is 1. The summed E-state index contributed by atoms with van der Waals surface area (Å²) in [4.78, 5) is 24.1. The van der Waals surface area contributed by atoms with Gasteiger partial charge in [-0.2, -0.15) is 0 Å². The fourth-order valence-electron chi connectivity index (χ4n) is 2.47. The van der Waals surface area contributed by atoms with Gasteiger partial charge in [0.2, 0.25) is 0 Å². The number of hydrogen-bond acceptors (Lipinski definition) is 3. The molecule has 5 heteroatoms. The molecule has 0 aliphatic carbocycles. The van der Waals surface area contributed by atoms with Gasteiger partial charge < -0.3 is 10.2 Å². The molecule has 1 aromatic rings. The van der Waals surface area contributed by atoms with Crippen LogP contribution in [0.25, 0.3) is 0 Å². The van der Waals surface area contributed by atoms with E-state index in [0.717, 1.165) is 0 Å². The molecule has 1 aliphatic rings. The highest BCUT2D eigenvalue weighted by atomic mass is 16.4. The molecule has 96 valence electrons. The maximum Gasteiger partial charge on any atom is 0.325 e. The summed E-state index contributed by atoms with van der Waals surface area (Å²) < 4.78 is 0. The molecule has 2 rings (SSSR count). The van der Waals surface area contributed by atoms with E-state index in [4.69, 9.17) is 5.11 Å². The predicted octanol–water partition coefficient (Wildman–Crippen LogP) is 1.36. The van der Waals surface area contributed by atoms with E-state index in [0.29, 0.717) is 24.9 Å². The first-order chi connectivity index (χ1) is 8.61. The Hall–Kier alpha value is -1.88. The number of hydrogen-bond donors (Lipinski definition) is 2. The van der Waals surface area contributed by atoms with Crippen LogP contribution in [0.3, 0.4) is 0 Å². The van der Waals surface area contributed by atoms with Gasteiger partial charge in [-0.3, -0.25) is 14.5 Å². The van der Waals surface area contributed by atoms with Gasteiger partial charge in [-0.1, -0.05) is 30.3 Å². The third-order valence-corrected chi connectivity index (χ3v) is 3.26. The van der Waals surface area contributed by atoms with Crippen LogP contribution < -0.4 is 0 Å². The van der Waals surface area contributed by atoms with Crippen molar-refractivity contribution in [3.63, 3.8) is 0 Å². The zero-order valence-electron chi connectivity index (χ0n) is 9.82. The largest absolute Gasteiger partial charge is 0.480 e. The fourth-order valence-corrected chi connectivity index (χ4v) is 2.47. The molecule has 2 N–H and O–H groups in total. The molecular weight excluding hydrogens is 234 g/mol. The molecule has 0 amide bonds. The van der Waals surface area contributed by atoms with Crippen LogP contribution in [-0.4, -0.2) is 39.6 Å². The lowest BCUT2D eigenvalue weighted by Crippen LogP contribution is -2.41. The van der Waals surface area contributed by atoms with Gasteiger partial charge in [0.25, 0.3) is 0 Å². The highest BCUT2D eigenvalue weighted by Crippen LogP contribution is 2.29. The molecule has 5 nitrogen and oxygen atoms in total. The first-order valence-corrected chi connectivity index (χ1v) is 5.87. The summed E-state index contributed by atoms with van der Waals surface area (Å²) in [5, 5.41) is 18.5. The molecule has 0 saturated carbocycles. The molecule has 0 spiro atoms. The fraction of sp³-hybridized carbons (Fsp3) is 0.385. The molecule has 1 aliphatic heterocycles. The van der Waals surface area contributed by atoms with Crippen LogP contribution in [0.4, 0.5) is 0 Å². The Kier molecular flexibility index (Phi) is 3.62. The average molecular weight is 249 g/mol. The van der Waals surface area contributed by atoms with Crippen molar-refractivity contribution in [3.8, 4) is 0 Å². The van der Waals surface area contributed by atoms with Crippen LogP contribution in [0.1, 0.15) is 24.4 Å². The Morgan fingerprint density at radius 3 is 2.44 bits per heavy atom. The van der Waals surface area contributed by atoms with Gasteiger partial charge in [-0.25, -0.2) is 0 Å². The van der Waals surface area contributed by atoms with Crippen LogP contribution in [0, 0.1) is 0 Å². The van der Waals surface area contributed by atoms with Crippen LogP contribution in [-0.2, 0) is 9.59 Å². The molecule has 0 radical (unpaired) electrons. The summed E-state index contributed by atoms with van der Waals surface area (Å²) in [5.74, 6) is -1.95. The topological polar surface area (TPSA) is 77.8 Å². The molecule has 1 unspecified atom stereocenters. The molecule has 1 heterocycles. The Balaban J connectivity index is 2.31. The van der Waals surface area contributed by atoms with E-state index in [1.807, 2.05) is 0 Å². The number of carboxylic acid groups (broad SMARTS) is 2. The minimum Gasteiger partial charge on any atom is -0.480 e. The molecular formula is C13H15NO4. The van der Waals surface area contributed by atoms with Crippen molar-refractivity contribution in [1.29, 1.82) is 0 Å². The standard InChI is InChI=1S/C13H15NO4/c15-12(16)10-7-4-8-14(10)11(13(17)18)9-5-2-1-3-6-9/h1-3,5-6,10-11H,4,7-8H2,(H,15,16)(H,17,18)/t10-,11?/m0/s1. The first kappa shape index (κ1) is 12.6. The first-order valence-electron chi connectivity index (χ1n) is 5.87. The number of aliphatic carboxylic acids is 2. The highest BCUT2D eigenvalue weighted by Gasteiger charge is 2.39. The third-order valence-electron chi connectivity index (χ3n) is 3.26. The van der Waals surface area contributed by atoms with Crippen molar-refractivity contribution in [2.45, 2.75) is 24.9 Å². The number of likely N-dealkylation sites (tertiary alicyclic amines) is 1. The number of carbonyl (C=O) groups is 2. The SMILES string of the molecule is O=C(O)C(c1ccccc1)N1CCC[C@H]1C(=O)O. The van der Waals surface area contributed by atoms with Gasteiger partial charge in [-0.15, -0.1) is 0 Å². The van der Waals surface area contributed by atoms with E-state index in [9.17, 15) is 14.7 Å². The smallest absolute Gasteiger partial charge is 0.325 e. The van der Waals surface area contributed by atoms with Gasteiger partial charge >= 0.3 is 11.9 Å². The van der Waals surface area contributed by atoms with Crippen molar-refractivity contribution in [2.24, 2.45) is 0 Å². The molecule has 0 aromatic heterocycles. The van der Waals surface area contributed by atoms with E-state index in [2.05, 4.69) is 0 Å². The third kappa shape index (κ3) is 2.36. The van der Waals surface area contributed by atoms with Crippen molar-refractivity contribution < 1.29 is 19.8 Å². The molecule has 18 heavy (non-hydrogen) atoms. The lowest BCUT2D eigenvalue weighted by molar-refractivity contribution is -0.149. The van der Waals surface area contributed by atoms with Crippen molar-refractivity contribution >= 4 is 11.9 Å². The van der Waals surface area contributed by atoms with Gasteiger partial charge in [-0.05, 0) is 18.4 Å². The van der Waals surface area contributed by atoms with E-state index in [1.54, 1.807) is 35.2 Å². The maximum atomic E-state index is 11.4. The normalized spacial score (nSPS) is 21.7. The summed E-state index contributed by atoms with van der Waals surface area (Å²) in [5.41, 5.74) is 0.623. The van der Waals surface area contributed by atoms with Gasteiger partial charge in [0, 0.05) is 6.54 Å². The lowest BCUT2D eigenvalue weighted by atomic mass is 10.0. The second kappa shape index (κ2) is 5.18. The van der Waals surface area contributed by atoms with Gasteiger partial charge in [0.1, 0.15) is 12.1 Å². The summed E-state index contributed by atoms with van der Waals surface area (Å²) in [6, 6.07) is 7.18. The van der Waals surface area contributed by atoms with Crippen molar-refractivity contribution in [3.05, 3.63) is 35.9 Å². The lowest BCUT2D eigenvalue weighted by Gasteiger charge is -2.28. The Labute approximate surface area is 105 Å². The molecule has 0 bridgehead atoms. The second-order valence-electron chi connectivity index (χ2n) is 4.39. The zero-order chi connectivity index (χ0) is 13.1. The summed E-state index contributed by atoms with van der Waals surface area (Å²) in [6.45, 7) is 0.503. The van der Waals surface area contributed by atoms with Crippen molar-refractivity contribution in [1.82, 2.24) is 4.90 Å². The van der Waals surface area contributed by atoms with Crippen LogP contribution in [0.5, 0.6) is 0 Å². The number of carboxylic acids is 2. The summed E-state index contributed by atoms with van der Waals surface area (Å²) in [6.07, 6.45) is 1.22. The van der Waals surface area contributed by atoms with Crippen LogP contribution in [0.15, 0.2) is 30.3 Å². The zero-order valence-corrected chi connectivity index (χ0v) is 9.82. The number of rotatable bonds is 4. The second-order valence-corrected chi connectivity index (χ2v) is 4.39. The monoisotopic (exact) mass is 249 g/mol. The molecule has 1 fully saturated rings. The summed E-state index contributed by atoms with van der Waals surface area (Å²) in [7, 11) is 0. The van der Waals surface area contributed by atoms with Gasteiger partial charge in [0.05, 0.1) is 0 Å². The van der Waals surface area contributed by atoms with Gasteiger partial charge in [0.15, 0.2) is 0 Å². The Morgan fingerprint density at radius 2 is 1.89 bits per heavy atom. The minimum absolute atomic E-state index is 0.503. The number of benzene rings is 1. The Morgan fingerprint density at radius 1 is 1.22 bits per heavy atom. The van der Waals surface area contributed by atoms with Crippen LogP contribution >= 0.6 is 0 Å². The van der Waals surface area contributed by atoms with Crippen molar-refractivity contribution in [2.75, 3.05) is 6.54 Å². The quantitative estimate of drug-likeness (QED) is 0.842. The van der Waals surface area contributed by atoms with E-state index < -0.39 is 24.0 Å². The Bertz CT molecular complexity index is 446.